The molecule has 0 spiro atoms. The molecule has 3 fully saturated rings. The molecule has 3 heterocycles. The van der Waals surface area contributed by atoms with Crippen LogP contribution >= 0.6 is 0 Å². The van der Waals surface area contributed by atoms with Gasteiger partial charge in [0.25, 0.3) is 5.91 Å². The Hall–Kier alpha value is -1.96. The molecule has 4 rings (SSSR count). The molecule has 2 amide bonds. The Morgan fingerprint density at radius 3 is 2.83 bits per heavy atom. The van der Waals surface area contributed by atoms with Gasteiger partial charge in [0.05, 0.1) is 12.0 Å². The third-order valence-corrected chi connectivity index (χ3v) is 4.93. The Morgan fingerprint density at radius 1 is 1.30 bits per heavy atom. The second kappa shape index (κ2) is 5.59. The van der Waals surface area contributed by atoms with Crippen LogP contribution in [-0.2, 0) is 16.6 Å². The highest BCUT2D eigenvalue weighted by molar-refractivity contribution is 5.91. The van der Waals surface area contributed by atoms with Crippen LogP contribution in [0.1, 0.15) is 29.9 Å². The monoisotopic (exact) mass is 319 g/mol. The maximum atomic E-state index is 12.6. The molecule has 3 aliphatic rings. The SMILES string of the molecule is Cn1cnc(C(=O)N2C[C@H]3OCC[C@H]3[C@H](C(=O)NC3CC3)C2)n1. The first-order valence-electron chi connectivity index (χ1n) is 8.18. The Kier molecular flexibility index (Phi) is 3.56. The molecule has 23 heavy (non-hydrogen) atoms. The lowest BCUT2D eigenvalue weighted by Crippen LogP contribution is -2.54. The average molecular weight is 319 g/mol. The van der Waals surface area contributed by atoms with E-state index in [-0.39, 0.29) is 35.6 Å². The predicted octanol–water partition coefficient (Wildman–Crippen LogP) is -0.429. The summed E-state index contributed by atoms with van der Waals surface area (Å²) in [4.78, 5) is 30.9. The molecule has 3 atom stereocenters. The third kappa shape index (κ3) is 2.83. The average Bonchev–Trinajstić information content (AvgIpc) is 3.05. The highest BCUT2D eigenvalue weighted by atomic mass is 16.5. The lowest BCUT2D eigenvalue weighted by Gasteiger charge is -2.38. The smallest absolute Gasteiger partial charge is 0.293 e. The van der Waals surface area contributed by atoms with E-state index in [4.69, 9.17) is 4.74 Å². The molecule has 1 aromatic rings. The van der Waals surface area contributed by atoms with E-state index >= 15 is 0 Å². The second-order valence-corrected chi connectivity index (χ2v) is 6.70. The first kappa shape index (κ1) is 14.6. The number of amides is 2. The summed E-state index contributed by atoms with van der Waals surface area (Å²) >= 11 is 0. The van der Waals surface area contributed by atoms with Crippen molar-refractivity contribution in [3.63, 3.8) is 0 Å². The number of aryl methyl sites for hydroxylation is 1. The maximum Gasteiger partial charge on any atom is 0.293 e. The summed E-state index contributed by atoms with van der Waals surface area (Å²) in [6.45, 7) is 1.58. The molecule has 124 valence electrons. The number of rotatable bonds is 3. The minimum absolute atomic E-state index is 0.0551. The van der Waals surface area contributed by atoms with Gasteiger partial charge in [0.15, 0.2) is 0 Å². The summed E-state index contributed by atoms with van der Waals surface area (Å²) in [5, 5.41) is 7.14. The van der Waals surface area contributed by atoms with Gasteiger partial charge >= 0.3 is 0 Å². The van der Waals surface area contributed by atoms with E-state index in [1.54, 1.807) is 11.9 Å². The predicted molar refractivity (Wildman–Crippen MR) is 79.4 cm³/mol. The molecule has 2 aliphatic heterocycles. The standard InChI is InChI=1S/C15H21N5O3/c1-19-8-16-13(18-19)15(22)20-6-11(14(21)17-9-2-3-9)10-4-5-23-12(10)7-20/h8-12H,2-7H2,1H3,(H,17,21)/t10-,11+,12+/m0/s1. The molecular weight excluding hydrogens is 298 g/mol. The third-order valence-electron chi connectivity index (χ3n) is 4.93. The van der Waals surface area contributed by atoms with Crippen LogP contribution < -0.4 is 5.32 Å². The summed E-state index contributed by atoms with van der Waals surface area (Å²) in [7, 11) is 1.72. The van der Waals surface area contributed by atoms with E-state index in [1.807, 2.05) is 0 Å². The topological polar surface area (TPSA) is 89.4 Å². The molecular formula is C15H21N5O3. The van der Waals surface area contributed by atoms with E-state index in [0.717, 1.165) is 19.3 Å². The molecule has 1 aliphatic carbocycles. The van der Waals surface area contributed by atoms with Crippen LogP contribution in [0.5, 0.6) is 0 Å². The van der Waals surface area contributed by atoms with Crippen molar-refractivity contribution in [3.05, 3.63) is 12.2 Å². The minimum atomic E-state index is -0.233. The number of carbonyl (C=O) groups is 2. The molecule has 0 unspecified atom stereocenters. The first-order valence-corrected chi connectivity index (χ1v) is 8.18. The quantitative estimate of drug-likeness (QED) is 0.817. The van der Waals surface area contributed by atoms with Crippen LogP contribution in [0.25, 0.3) is 0 Å². The normalized spacial score (nSPS) is 30.1. The summed E-state index contributed by atoms with van der Waals surface area (Å²) in [6.07, 6.45) is 4.44. The van der Waals surface area contributed by atoms with Crippen molar-refractivity contribution in [2.75, 3.05) is 19.7 Å². The van der Waals surface area contributed by atoms with Gasteiger partial charge in [0.1, 0.15) is 6.33 Å². The zero-order valence-electron chi connectivity index (χ0n) is 13.1. The summed E-state index contributed by atoms with van der Waals surface area (Å²) < 4.78 is 7.26. The number of nitrogens with zero attached hydrogens (tertiary/aromatic N) is 4. The number of carbonyl (C=O) groups excluding carboxylic acids is 2. The molecule has 8 nitrogen and oxygen atoms in total. The number of aromatic nitrogens is 3. The Morgan fingerprint density at radius 2 is 2.13 bits per heavy atom. The van der Waals surface area contributed by atoms with Gasteiger partial charge in [-0.05, 0) is 19.3 Å². The number of piperidine rings is 1. The number of likely N-dealkylation sites (tertiary alicyclic amines) is 1. The van der Waals surface area contributed by atoms with Crippen molar-refractivity contribution >= 4 is 11.8 Å². The second-order valence-electron chi connectivity index (χ2n) is 6.70. The van der Waals surface area contributed by atoms with Crippen molar-refractivity contribution in [1.82, 2.24) is 25.0 Å². The molecule has 2 saturated heterocycles. The summed E-state index contributed by atoms with van der Waals surface area (Å²) in [5.41, 5.74) is 0. The van der Waals surface area contributed by atoms with Gasteiger partial charge < -0.3 is 15.0 Å². The van der Waals surface area contributed by atoms with Gasteiger partial charge in [0.2, 0.25) is 11.7 Å². The van der Waals surface area contributed by atoms with Gasteiger partial charge in [-0.25, -0.2) is 4.98 Å². The van der Waals surface area contributed by atoms with Crippen molar-refractivity contribution < 1.29 is 14.3 Å². The molecule has 1 N–H and O–H groups in total. The van der Waals surface area contributed by atoms with Crippen molar-refractivity contribution in [2.24, 2.45) is 18.9 Å². The largest absolute Gasteiger partial charge is 0.376 e. The number of fused-ring (bicyclic) bond motifs is 1. The maximum absolute atomic E-state index is 12.6. The van der Waals surface area contributed by atoms with E-state index in [1.165, 1.54) is 11.0 Å². The highest BCUT2D eigenvalue weighted by Crippen LogP contribution is 2.35. The summed E-state index contributed by atoms with van der Waals surface area (Å²) in [5.74, 6) is -0.00689. The van der Waals surface area contributed by atoms with Gasteiger partial charge in [-0.2, -0.15) is 0 Å². The van der Waals surface area contributed by atoms with Gasteiger partial charge in [0, 0.05) is 38.7 Å². The van der Waals surface area contributed by atoms with E-state index in [2.05, 4.69) is 15.4 Å². The van der Waals surface area contributed by atoms with Gasteiger partial charge in [-0.3, -0.25) is 14.3 Å². The van der Waals surface area contributed by atoms with Crippen LogP contribution in [0.4, 0.5) is 0 Å². The van der Waals surface area contributed by atoms with Crippen molar-refractivity contribution in [2.45, 2.75) is 31.4 Å². The molecule has 0 bridgehead atoms. The molecule has 1 saturated carbocycles. The number of nitrogens with one attached hydrogen (secondary N) is 1. The summed E-state index contributed by atoms with van der Waals surface area (Å²) in [6, 6.07) is 0.326. The number of ether oxygens (including phenoxy) is 1. The van der Waals surface area contributed by atoms with Crippen LogP contribution in [0, 0.1) is 11.8 Å². The fourth-order valence-electron chi connectivity index (χ4n) is 3.54. The van der Waals surface area contributed by atoms with Crippen molar-refractivity contribution in [3.8, 4) is 0 Å². The Labute approximate surface area is 134 Å². The Bertz CT molecular complexity index is 626. The van der Waals surface area contributed by atoms with Crippen LogP contribution in [0.3, 0.4) is 0 Å². The number of hydrogen-bond donors (Lipinski definition) is 1. The fourth-order valence-corrected chi connectivity index (χ4v) is 3.54. The van der Waals surface area contributed by atoms with Crippen LogP contribution in [0.15, 0.2) is 6.33 Å². The zero-order chi connectivity index (χ0) is 16.0. The highest BCUT2D eigenvalue weighted by Gasteiger charge is 2.46. The van der Waals surface area contributed by atoms with Crippen LogP contribution in [0.2, 0.25) is 0 Å². The fraction of sp³-hybridized carbons (Fsp3) is 0.733. The lowest BCUT2D eigenvalue weighted by atomic mass is 9.82. The molecule has 1 aromatic heterocycles. The molecule has 0 radical (unpaired) electrons. The number of hydrogen-bond acceptors (Lipinski definition) is 5. The van der Waals surface area contributed by atoms with Crippen LogP contribution in [-0.4, -0.2) is 63.3 Å². The van der Waals surface area contributed by atoms with Crippen molar-refractivity contribution in [1.29, 1.82) is 0 Å². The van der Waals surface area contributed by atoms with Gasteiger partial charge in [-0.1, -0.05) is 0 Å². The first-order chi connectivity index (χ1) is 11.1. The molecule has 8 heteroatoms. The molecule has 0 aromatic carbocycles. The van der Waals surface area contributed by atoms with E-state index in [9.17, 15) is 9.59 Å². The minimum Gasteiger partial charge on any atom is -0.376 e. The van der Waals surface area contributed by atoms with Gasteiger partial charge in [-0.15, -0.1) is 5.10 Å². The van der Waals surface area contributed by atoms with E-state index in [0.29, 0.717) is 25.7 Å². The zero-order valence-corrected chi connectivity index (χ0v) is 13.1. The Balaban J connectivity index is 1.52. The van der Waals surface area contributed by atoms with E-state index < -0.39 is 0 Å². The lowest BCUT2D eigenvalue weighted by molar-refractivity contribution is -0.130.